The minimum atomic E-state index is 0.485. The third kappa shape index (κ3) is 9.02. The normalized spacial score (nSPS) is 11.8. The highest BCUT2D eigenvalue weighted by Gasteiger charge is 2.29. The van der Waals surface area contributed by atoms with E-state index in [1.807, 2.05) is 54.6 Å². The number of para-hydroxylation sites is 5. The molecule has 0 saturated heterocycles. The largest absolute Gasteiger partial charge is 0.311 e. The summed E-state index contributed by atoms with van der Waals surface area (Å²) in [5.74, 6) is 3.19. The lowest BCUT2D eigenvalue weighted by Gasteiger charge is -2.15. The van der Waals surface area contributed by atoms with Gasteiger partial charge in [-0.1, -0.05) is 261 Å². The van der Waals surface area contributed by atoms with Crippen molar-refractivity contribution in [1.29, 1.82) is 0 Å². The molecule has 0 bridgehead atoms. The van der Waals surface area contributed by atoms with E-state index in [1.54, 1.807) is 0 Å². The summed E-state index contributed by atoms with van der Waals surface area (Å²) >= 11 is 0. The van der Waals surface area contributed by atoms with Crippen molar-refractivity contribution < 1.29 is 0 Å². The number of aromatic nitrogens is 10. The van der Waals surface area contributed by atoms with Crippen LogP contribution in [0, 0.1) is 6.92 Å². The van der Waals surface area contributed by atoms with E-state index in [0.29, 0.717) is 35.2 Å². The molecule has 10 heteroatoms. The van der Waals surface area contributed by atoms with E-state index in [2.05, 4.69) is 287 Å². The van der Waals surface area contributed by atoms with Crippen LogP contribution in [0.15, 0.2) is 310 Å². The first kappa shape index (κ1) is 55.0. The summed E-state index contributed by atoms with van der Waals surface area (Å²) < 4.78 is 9.30. The molecule has 0 fully saturated rings. The first-order valence-electron chi connectivity index (χ1n) is 31.9. The fraction of sp³-hybridized carbons (Fsp3) is 0.0118. The number of hydrogen-bond acceptors (Lipinski definition) is 6. The van der Waals surface area contributed by atoms with Crippen LogP contribution < -0.4 is 0 Å². The fourth-order valence-corrected chi connectivity index (χ4v) is 14.2. The van der Waals surface area contributed by atoms with Crippen molar-refractivity contribution in [1.82, 2.24) is 48.2 Å². The standard InChI is InChI=1S/C85H56N10/c1-3-4-39-64-54(2)92(62-35-16-8-17-36-62)78-71(64)53-70(75-69-42-22-25-45-74(69)95(79(75)78)85-89-80(57-29-12-6-13-30-57)86-82(90-85)59-48-46-56(47-49-59)55-27-10-5-11-28-55)60-33-26-34-61(52-60)83-87-81(58-31-14-7-15-32-58)88-84(91-83)94-73-44-24-21-41-66(73)68-51-50-67-65-40-20-23-43-72(65)93(76(67)77(68)94)63-37-18-9-19-38-63/h3-53H,1H2,2H3/b39-4-. The smallest absolute Gasteiger partial charge is 0.238 e. The molecular formula is C85H56N10. The maximum Gasteiger partial charge on any atom is 0.238 e. The Hall–Kier alpha value is -12.9. The predicted octanol–water partition coefficient (Wildman–Crippen LogP) is 20.8. The highest BCUT2D eigenvalue weighted by atomic mass is 15.2. The Bertz CT molecular complexity index is 6080. The summed E-state index contributed by atoms with van der Waals surface area (Å²) in [6.45, 7) is 6.35. The van der Waals surface area contributed by atoms with Crippen LogP contribution in [0.2, 0.25) is 0 Å². The molecule has 0 radical (unpaired) electrons. The zero-order valence-electron chi connectivity index (χ0n) is 51.6. The first-order chi connectivity index (χ1) is 47.0. The van der Waals surface area contributed by atoms with E-state index in [4.69, 9.17) is 29.9 Å². The Labute approximate surface area is 546 Å². The topological polar surface area (TPSA) is 97.1 Å². The number of benzene rings is 12. The molecule has 0 amide bonds. The third-order valence-corrected chi connectivity index (χ3v) is 18.4. The lowest BCUT2D eigenvalue weighted by atomic mass is 9.95. The van der Waals surface area contributed by atoms with E-state index >= 15 is 0 Å². The maximum atomic E-state index is 5.64. The Morgan fingerprint density at radius 1 is 0.295 bits per heavy atom. The van der Waals surface area contributed by atoms with Gasteiger partial charge in [-0.3, -0.25) is 9.13 Å². The highest BCUT2D eigenvalue weighted by molar-refractivity contribution is 6.26. The van der Waals surface area contributed by atoms with Gasteiger partial charge in [-0.25, -0.2) is 9.97 Å². The monoisotopic (exact) mass is 1220 g/mol. The van der Waals surface area contributed by atoms with E-state index in [0.717, 1.165) is 143 Å². The maximum absolute atomic E-state index is 5.64. The van der Waals surface area contributed by atoms with Gasteiger partial charge < -0.3 is 9.13 Å². The summed E-state index contributed by atoms with van der Waals surface area (Å²) in [6, 6.07) is 102. The molecule has 0 N–H and O–H groups in total. The van der Waals surface area contributed by atoms with Crippen molar-refractivity contribution in [2.24, 2.45) is 0 Å². The molecule has 6 aromatic heterocycles. The summed E-state index contributed by atoms with van der Waals surface area (Å²) in [7, 11) is 0. The molecular weight excluding hydrogens is 1160 g/mol. The van der Waals surface area contributed by atoms with Gasteiger partial charge in [-0.15, -0.1) is 0 Å². The molecule has 18 aromatic rings. The molecule has 18 rings (SSSR count). The molecule has 0 aliphatic carbocycles. The van der Waals surface area contributed by atoms with Crippen LogP contribution >= 0.6 is 0 Å². The third-order valence-electron chi connectivity index (χ3n) is 18.4. The number of fused-ring (bicyclic) bond motifs is 12. The first-order valence-corrected chi connectivity index (χ1v) is 31.9. The Balaban J connectivity index is 0.912. The Kier molecular flexibility index (Phi) is 13.0. The van der Waals surface area contributed by atoms with Gasteiger partial charge >= 0.3 is 0 Å². The van der Waals surface area contributed by atoms with Crippen LogP contribution in [0.3, 0.4) is 0 Å². The average molecular weight is 1220 g/mol. The predicted molar refractivity (Wildman–Crippen MR) is 390 cm³/mol. The summed E-state index contributed by atoms with van der Waals surface area (Å²) in [4.78, 5) is 32.9. The van der Waals surface area contributed by atoms with Gasteiger partial charge in [-0.05, 0) is 83.8 Å². The van der Waals surface area contributed by atoms with Gasteiger partial charge in [0, 0.05) is 82.6 Å². The number of rotatable bonds is 12. The molecule has 12 aromatic carbocycles. The van der Waals surface area contributed by atoms with Crippen LogP contribution in [0.25, 0.3) is 173 Å². The molecule has 0 atom stereocenters. The van der Waals surface area contributed by atoms with Crippen LogP contribution in [-0.4, -0.2) is 48.2 Å². The lowest BCUT2D eigenvalue weighted by Crippen LogP contribution is -2.07. The minimum absolute atomic E-state index is 0.485. The van der Waals surface area contributed by atoms with Crippen molar-refractivity contribution in [3.05, 3.63) is 321 Å². The molecule has 95 heavy (non-hydrogen) atoms. The van der Waals surface area contributed by atoms with Crippen molar-refractivity contribution in [3.63, 3.8) is 0 Å². The molecule has 0 saturated carbocycles. The SMILES string of the molecule is C=C/C=C\c1c(C)n(-c2ccccc2)c2c1cc(-c1cccc(-c3nc(-c4ccccc4)nc(-n4c5ccccc5c5ccc6c7ccccc7n(-c7ccccc7)c6c54)n3)c1)c1c3ccccc3n(-c3nc(-c4ccccc4)nc(-c4ccc(-c5ccccc5)cc4)n3)c12. The van der Waals surface area contributed by atoms with Gasteiger partial charge in [0.05, 0.1) is 38.6 Å². The number of nitrogens with zero attached hydrogens (tertiary/aromatic N) is 10. The van der Waals surface area contributed by atoms with Gasteiger partial charge in [-0.2, -0.15) is 19.9 Å². The second kappa shape index (κ2) is 22.5. The summed E-state index contributed by atoms with van der Waals surface area (Å²) in [6.07, 6.45) is 6.04. The minimum Gasteiger partial charge on any atom is -0.311 e. The molecule has 0 aliphatic heterocycles. The molecule has 10 nitrogen and oxygen atoms in total. The highest BCUT2D eigenvalue weighted by Crippen LogP contribution is 2.47. The second-order valence-electron chi connectivity index (χ2n) is 23.9. The summed E-state index contributed by atoms with van der Waals surface area (Å²) in [5, 5.41) is 7.58. The zero-order valence-corrected chi connectivity index (χ0v) is 51.6. The molecule has 0 unspecified atom stereocenters. The second-order valence-corrected chi connectivity index (χ2v) is 23.9. The van der Waals surface area contributed by atoms with Gasteiger partial charge in [0.25, 0.3) is 0 Å². The number of allylic oxidation sites excluding steroid dienone is 2. The van der Waals surface area contributed by atoms with Crippen molar-refractivity contribution >= 4 is 82.4 Å². The molecule has 0 spiro atoms. The lowest BCUT2D eigenvalue weighted by molar-refractivity contribution is 0.951. The van der Waals surface area contributed by atoms with E-state index in [1.165, 1.54) is 0 Å². The van der Waals surface area contributed by atoms with Crippen LogP contribution in [0.5, 0.6) is 0 Å². The average Bonchev–Trinajstić information content (AvgIpc) is 1.55. The summed E-state index contributed by atoms with van der Waals surface area (Å²) in [5.41, 5.74) is 18.9. The van der Waals surface area contributed by atoms with E-state index in [9.17, 15) is 0 Å². The van der Waals surface area contributed by atoms with Crippen molar-refractivity contribution in [3.8, 4) is 91.1 Å². The van der Waals surface area contributed by atoms with E-state index in [-0.39, 0.29) is 0 Å². The van der Waals surface area contributed by atoms with Crippen LogP contribution in [0.1, 0.15) is 11.3 Å². The van der Waals surface area contributed by atoms with Gasteiger partial charge in [0.15, 0.2) is 23.3 Å². The van der Waals surface area contributed by atoms with Crippen LogP contribution in [-0.2, 0) is 0 Å². The number of hydrogen-bond donors (Lipinski definition) is 0. The quantitative estimate of drug-likeness (QED) is 0.113. The van der Waals surface area contributed by atoms with E-state index < -0.39 is 0 Å². The zero-order chi connectivity index (χ0) is 63.1. The fourth-order valence-electron chi connectivity index (χ4n) is 14.2. The Morgan fingerprint density at radius 2 is 0.684 bits per heavy atom. The molecule has 0 aliphatic rings. The van der Waals surface area contributed by atoms with Gasteiger partial charge in [0.2, 0.25) is 11.9 Å². The Morgan fingerprint density at radius 3 is 1.24 bits per heavy atom. The molecule has 6 heterocycles. The van der Waals surface area contributed by atoms with Crippen molar-refractivity contribution in [2.45, 2.75) is 6.92 Å². The van der Waals surface area contributed by atoms with Crippen molar-refractivity contribution in [2.75, 3.05) is 0 Å². The molecule has 446 valence electrons. The van der Waals surface area contributed by atoms with Crippen LogP contribution in [0.4, 0.5) is 0 Å². The van der Waals surface area contributed by atoms with Gasteiger partial charge in [0.1, 0.15) is 0 Å².